The SMILES string of the molecule is O=C1CNC(=O)N1C1CCN(S(=O)(=O)c2cccc3ccccc23)CC1. The molecule has 0 aromatic heterocycles. The van der Waals surface area contributed by atoms with Gasteiger partial charge in [-0.3, -0.25) is 9.69 Å². The lowest BCUT2D eigenvalue weighted by atomic mass is 10.1. The Morgan fingerprint density at radius 2 is 1.65 bits per heavy atom. The highest BCUT2D eigenvalue weighted by Crippen LogP contribution is 2.28. The molecule has 3 amide bonds. The maximum atomic E-state index is 13.1. The molecule has 2 aromatic carbocycles. The minimum absolute atomic E-state index is 0.0212. The zero-order valence-corrected chi connectivity index (χ0v) is 14.9. The third-order valence-corrected chi connectivity index (χ3v) is 6.99. The third-order valence-electron chi connectivity index (χ3n) is 5.03. The summed E-state index contributed by atoms with van der Waals surface area (Å²) in [4.78, 5) is 25.2. The molecule has 0 saturated carbocycles. The van der Waals surface area contributed by atoms with E-state index in [0.29, 0.717) is 23.1 Å². The normalized spacial score (nSPS) is 19.9. The van der Waals surface area contributed by atoms with E-state index in [9.17, 15) is 18.0 Å². The summed E-state index contributed by atoms with van der Waals surface area (Å²) in [7, 11) is -3.63. The van der Waals surface area contributed by atoms with Crippen LogP contribution in [0.25, 0.3) is 10.8 Å². The second-order valence-corrected chi connectivity index (χ2v) is 8.44. The molecule has 2 saturated heterocycles. The van der Waals surface area contributed by atoms with Crippen molar-refractivity contribution in [3.63, 3.8) is 0 Å². The average molecular weight is 373 g/mol. The largest absolute Gasteiger partial charge is 0.329 e. The molecule has 0 atom stereocenters. The molecule has 136 valence electrons. The lowest BCUT2D eigenvalue weighted by molar-refractivity contribution is -0.127. The number of urea groups is 1. The van der Waals surface area contributed by atoms with Crippen molar-refractivity contribution in [2.75, 3.05) is 19.6 Å². The van der Waals surface area contributed by atoms with E-state index in [1.807, 2.05) is 30.3 Å². The minimum atomic E-state index is -3.63. The van der Waals surface area contributed by atoms with Gasteiger partial charge in [-0.1, -0.05) is 36.4 Å². The number of imide groups is 1. The van der Waals surface area contributed by atoms with E-state index >= 15 is 0 Å². The van der Waals surface area contributed by atoms with Gasteiger partial charge >= 0.3 is 6.03 Å². The Labute approximate surface area is 151 Å². The number of sulfonamides is 1. The van der Waals surface area contributed by atoms with Gasteiger partial charge in [-0.05, 0) is 24.3 Å². The van der Waals surface area contributed by atoms with Gasteiger partial charge in [0.15, 0.2) is 0 Å². The van der Waals surface area contributed by atoms with Gasteiger partial charge in [0.1, 0.15) is 0 Å². The number of piperidine rings is 1. The number of hydrogen-bond donors (Lipinski definition) is 1. The predicted octanol–water partition coefficient (Wildman–Crippen LogP) is 1.54. The molecule has 2 fully saturated rings. The summed E-state index contributed by atoms with van der Waals surface area (Å²) in [6.07, 6.45) is 0.895. The fourth-order valence-corrected chi connectivity index (χ4v) is 5.39. The fourth-order valence-electron chi connectivity index (χ4n) is 3.70. The first-order valence-electron chi connectivity index (χ1n) is 8.56. The molecular weight excluding hydrogens is 354 g/mol. The van der Waals surface area contributed by atoms with E-state index < -0.39 is 10.0 Å². The van der Waals surface area contributed by atoms with Crippen LogP contribution in [0.2, 0.25) is 0 Å². The van der Waals surface area contributed by atoms with E-state index in [-0.39, 0.29) is 37.6 Å². The zero-order valence-electron chi connectivity index (χ0n) is 14.1. The number of fused-ring (bicyclic) bond motifs is 1. The molecule has 4 rings (SSSR count). The summed E-state index contributed by atoms with van der Waals surface area (Å²) in [5.41, 5.74) is 0. The van der Waals surface area contributed by atoms with E-state index in [2.05, 4.69) is 5.32 Å². The van der Waals surface area contributed by atoms with Crippen molar-refractivity contribution in [3.05, 3.63) is 42.5 Å². The Morgan fingerprint density at radius 3 is 2.35 bits per heavy atom. The number of nitrogens with zero attached hydrogens (tertiary/aromatic N) is 2. The molecule has 26 heavy (non-hydrogen) atoms. The van der Waals surface area contributed by atoms with Crippen LogP contribution in [0.1, 0.15) is 12.8 Å². The molecule has 0 aliphatic carbocycles. The molecule has 8 heteroatoms. The summed E-state index contributed by atoms with van der Waals surface area (Å²) < 4.78 is 27.7. The first kappa shape index (κ1) is 17.0. The first-order chi connectivity index (χ1) is 12.5. The summed E-state index contributed by atoms with van der Waals surface area (Å²) in [6, 6.07) is 12.0. The summed E-state index contributed by atoms with van der Waals surface area (Å²) in [6.45, 7) is 0.591. The number of hydrogen-bond acceptors (Lipinski definition) is 4. The van der Waals surface area contributed by atoms with Gasteiger partial charge in [-0.25, -0.2) is 13.2 Å². The van der Waals surface area contributed by atoms with Crippen LogP contribution in [0.15, 0.2) is 47.4 Å². The van der Waals surface area contributed by atoms with Gasteiger partial charge in [0.05, 0.1) is 11.4 Å². The fraction of sp³-hybridized carbons (Fsp3) is 0.333. The molecular formula is C18H19N3O4S. The highest BCUT2D eigenvalue weighted by atomic mass is 32.2. The molecule has 2 heterocycles. The van der Waals surface area contributed by atoms with Crippen molar-refractivity contribution in [2.24, 2.45) is 0 Å². The second kappa shape index (κ2) is 6.37. The number of rotatable bonds is 3. The molecule has 2 aliphatic heterocycles. The van der Waals surface area contributed by atoms with Crippen molar-refractivity contribution in [1.82, 2.24) is 14.5 Å². The average Bonchev–Trinajstić information content (AvgIpc) is 2.99. The third kappa shape index (κ3) is 2.75. The first-order valence-corrected chi connectivity index (χ1v) is 10.0. The van der Waals surface area contributed by atoms with Crippen LogP contribution >= 0.6 is 0 Å². The van der Waals surface area contributed by atoms with Gasteiger partial charge in [0.25, 0.3) is 0 Å². The predicted molar refractivity (Wildman–Crippen MR) is 96.0 cm³/mol. The standard InChI is InChI=1S/C18H19N3O4S/c22-17-12-19-18(23)21(17)14-8-10-20(11-9-14)26(24,25)16-7-3-5-13-4-1-2-6-15(13)16/h1-7,14H,8-12H2,(H,19,23). The van der Waals surface area contributed by atoms with Gasteiger partial charge in [0.2, 0.25) is 15.9 Å². The van der Waals surface area contributed by atoms with Crippen molar-refractivity contribution in [2.45, 2.75) is 23.8 Å². The lowest BCUT2D eigenvalue weighted by Gasteiger charge is -2.34. The Bertz CT molecular complexity index is 960. The number of benzene rings is 2. The van der Waals surface area contributed by atoms with Gasteiger partial charge in [-0.15, -0.1) is 0 Å². The van der Waals surface area contributed by atoms with Crippen LogP contribution in [-0.2, 0) is 14.8 Å². The topological polar surface area (TPSA) is 86.8 Å². The van der Waals surface area contributed by atoms with E-state index in [1.165, 1.54) is 9.21 Å². The van der Waals surface area contributed by atoms with Gasteiger partial charge in [0, 0.05) is 24.5 Å². The van der Waals surface area contributed by atoms with E-state index in [1.54, 1.807) is 12.1 Å². The number of carbonyl (C=O) groups is 2. The van der Waals surface area contributed by atoms with Crippen LogP contribution in [-0.4, -0.2) is 55.2 Å². The summed E-state index contributed by atoms with van der Waals surface area (Å²) in [5, 5.41) is 4.09. The Hall–Kier alpha value is -2.45. The van der Waals surface area contributed by atoms with Crippen LogP contribution in [0.3, 0.4) is 0 Å². The van der Waals surface area contributed by atoms with Crippen LogP contribution in [0.4, 0.5) is 4.79 Å². The Morgan fingerprint density at radius 1 is 0.962 bits per heavy atom. The molecule has 2 aromatic rings. The van der Waals surface area contributed by atoms with Crippen LogP contribution in [0.5, 0.6) is 0 Å². The van der Waals surface area contributed by atoms with Gasteiger partial charge in [-0.2, -0.15) is 4.31 Å². The Kier molecular flexibility index (Phi) is 4.16. The zero-order chi connectivity index (χ0) is 18.3. The van der Waals surface area contributed by atoms with Gasteiger partial charge < -0.3 is 5.32 Å². The number of carbonyl (C=O) groups excluding carboxylic acids is 2. The highest BCUT2D eigenvalue weighted by Gasteiger charge is 2.39. The van der Waals surface area contributed by atoms with Crippen molar-refractivity contribution < 1.29 is 18.0 Å². The smallest absolute Gasteiger partial charge is 0.324 e. The van der Waals surface area contributed by atoms with E-state index in [0.717, 1.165) is 5.39 Å². The Balaban J connectivity index is 1.57. The van der Waals surface area contributed by atoms with E-state index in [4.69, 9.17) is 0 Å². The van der Waals surface area contributed by atoms with Crippen molar-refractivity contribution in [3.8, 4) is 0 Å². The second-order valence-electron chi connectivity index (χ2n) is 6.53. The summed E-state index contributed by atoms with van der Waals surface area (Å²) >= 11 is 0. The molecule has 0 spiro atoms. The van der Waals surface area contributed by atoms with Crippen molar-refractivity contribution in [1.29, 1.82) is 0 Å². The molecule has 0 radical (unpaired) electrons. The molecule has 1 N–H and O–H groups in total. The highest BCUT2D eigenvalue weighted by molar-refractivity contribution is 7.89. The number of amides is 3. The molecule has 0 bridgehead atoms. The monoisotopic (exact) mass is 373 g/mol. The van der Waals surface area contributed by atoms with Crippen molar-refractivity contribution >= 4 is 32.7 Å². The number of nitrogens with one attached hydrogen (secondary N) is 1. The summed E-state index contributed by atoms with van der Waals surface area (Å²) in [5.74, 6) is -0.245. The lowest BCUT2D eigenvalue weighted by Crippen LogP contribution is -2.48. The van der Waals surface area contributed by atoms with Crippen LogP contribution < -0.4 is 5.32 Å². The molecule has 2 aliphatic rings. The quantitative estimate of drug-likeness (QED) is 0.827. The molecule has 0 unspecified atom stereocenters. The minimum Gasteiger partial charge on any atom is -0.329 e. The van der Waals surface area contributed by atoms with Crippen LogP contribution in [0, 0.1) is 0 Å². The maximum absolute atomic E-state index is 13.1. The molecule has 7 nitrogen and oxygen atoms in total. The maximum Gasteiger partial charge on any atom is 0.324 e.